The Balaban J connectivity index is 1.69. The number of aryl methyl sites for hydroxylation is 1. The van der Waals surface area contributed by atoms with Crippen molar-refractivity contribution in [3.05, 3.63) is 76.8 Å². The first-order valence-corrected chi connectivity index (χ1v) is 9.38. The average molecular weight is 395 g/mol. The number of benzene rings is 3. The summed E-state index contributed by atoms with van der Waals surface area (Å²) in [6, 6.07) is 17.5. The number of halogens is 1. The number of rotatable bonds is 1. The van der Waals surface area contributed by atoms with E-state index in [1.807, 2.05) is 23.7 Å². The van der Waals surface area contributed by atoms with Crippen molar-refractivity contribution in [2.75, 3.05) is 0 Å². The van der Waals surface area contributed by atoms with E-state index in [0.29, 0.717) is 10.4 Å². The molecule has 0 radical (unpaired) electrons. The van der Waals surface area contributed by atoms with Crippen molar-refractivity contribution in [2.24, 2.45) is 12.0 Å². The highest BCUT2D eigenvalue weighted by molar-refractivity contribution is 7.80. The normalized spacial score (nSPS) is 11.9. The van der Waals surface area contributed by atoms with Crippen LogP contribution in [-0.2, 0) is 7.05 Å². The van der Waals surface area contributed by atoms with Crippen molar-refractivity contribution in [3.8, 4) is 0 Å². The summed E-state index contributed by atoms with van der Waals surface area (Å²) < 4.78 is 16.0. The number of nitrogens with one attached hydrogen (secondary N) is 1. The summed E-state index contributed by atoms with van der Waals surface area (Å²) >= 11 is 6.72. The van der Waals surface area contributed by atoms with Gasteiger partial charge in [-0.1, -0.05) is 41.7 Å². The molecule has 1 N–H and O–H groups in total. The van der Waals surface area contributed by atoms with Crippen LogP contribution in [0, 0.1) is 5.82 Å². The second-order valence-corrected chi connectivity index (χ2v) is 7.35. The van der Waals surface area contributed by atoms with Crippen LogP contribution in [0.25, 0.3) is 21.0 Å². The Bertz CT molecular complexity index is 1260. The molecule has 0 saturated heterocycles. The fourth-order valence-electron chi connectivity index (χ4n) is 2.91. The third-order valence-electron chi connectivity index (χ3n) is 4.21. The van der Waals surface area contributed by atoms with E-state index in [0.717, 1.165) is 21.0 Å². The highest BCUT2D eigenvalue weighted by Gasteiger charge is 2.10. The standard InChI is InChI=1S/C20H14FN3OS2/c1-24-17-15-5-3-2-4-12(15)8-11-16(17)27-20(24)23-19(26)22-18(25)13-6-9-14(21)10-7-13/h2-11H,1H3,(H,22,25,26)/b23-20+. The Kier molecular flexibility index (Phi) is 4.55. The number of nitrogens with zero attached hydrogens (tertiary/aromatic N) is 2. The van der Waals surface area contributed by atoms with Crippen molar-refractivity contribution >= 4 is 55.6 Å². The number of thiocarbonyl (C=S) groups is 1. The topological polar surface area (TPSA) is 46.4 Å². The van der Waals surface area contributed by atoms with Crippen molar-refractivity contribution < 1.29 is 9.18 Å². The lowest BCUT2D eigenvalue weighted by atomic mass is 10.1. The highest BCUT2D eigenvalue weighted by Crippen LogP contribution is 2.26. The number of carbonyl (C=O) groups is 1. The molecule has 7 heteroatoms. The molecule has 4 nitrogen and oxygen atoms in total. The molecule has 4 aromatic rings. The fourth-order valence-corrected chi connectivity index (χ4v) is 4.19. The van der Waals surface area contributed by atoms with Crippen LogP contribution in [0.5, 0.6) is 0 Å². The van der Waals surface area contributed by atoms with Crippen molar-refractivity contribution in [1.82, 2.24) is 9.88 Å². The van der Waals surface area contributed by atoms with Crippen LogP contribution >= 0.6 is 23.6 Å². The van der Waals surface area contributed by atoms with Gasteiger partial charge in [0.2, 0.25) is 5.11 Å². The quantitative estimate of drug-likeness (QED) is 0.492. The molecule has 0 fully saturated rings. The number of thiazole rings is 1. The van der Waals surface area contributed by atoms with E-state index in [2.05, 4.69) is 34.6 Å². The predicted molar refractivity (Wildman–Crippen MR) is 110 cm³/mol. The summed E-state index contributed by atoms with van der Waals surface area (Å²) in [5, 5.41) is 4.92. The first kappa shape index (κ1) is 17.5. The number of amides is 1. The number of hydrogen-bond acceptors (Lipinski definition) is 3. The molecule has 0 bridgehead atoms. The largest absolute Gasteiger partial charge is 0.319 e. The van der Waals surface area contributed by atoms with Crippen molar-refractivity contribution in [3.63, 3.8) is 0 Å². The van der Waals surface area contributed by atoms with Gasteiger partial charge in [-0.3, -0.25) is 10.1 Å². The fraction of sp³-hybridized carbons (Fsp3) is 0.0500. The molecular formula is C20H14FN3OS2. The van der Waals surface area contributed by atoms with Crippen molar-refractivity contribution in [2.45, 2.75) is 0 Å². The molecular weight excluding hydrogens is 381 g/mol. The summed E-state index contributed by atoms with van der Waals surface area (Å²) in [4.78, 5) is 17.3. The van der Waals surface area contributed by atoms with Gasteiger partial charge in [-0.25, -0.2) is 4.39 Å². The smallest absolute Gasteiger partial charge is 0.257 e. The third-order valence-corrected chi connectivity index (χ3v) is 5.50. The second kappa shape index (κ2) is 7.02. The van der Waals surface area contributed by atoms with Crippen LogP contribution in [-0.4, -0.2) is 15.6 Å². The van der Waals surface area contributed by atoms with Gasteiger partial charge < -0.3 is 4.57 Å². The molecule has 134 valence electrons. The van der Waals surface area contributed by atoms with Crippen LogP contribution in [0.2, 0.25) is 0 Å². The van der Waals surface area contributed by atoms with Gasteiger partial charge in [-0.2, -0.15) is 4.99 Å². The van der Waals surface area contributed by atoms with Crippen LogP contribution < -0.4 is 10.1 Å². The molecule has 27 heavy (non-hydrogen) atoms. The lowest BCUT2D eigenvalue weighted by Gasteiger charge is -2.03. The van der Waals surface area contributed by atoms with Crippen molar-refractivity contribution in [1.29, 1.82) is 0 Å². The second-order valence-electron chi connectivity index (χ2n) is 5.96. The molecule has 0 atom stereocenters. The molecule has 1 amide bonds. The minimum absolute atomic E-state index is 0.0655. The maximum Gasteiger partial charge on any atom is 0.257 e. The van der Waals surface area contributed by atoms with E-state index in [1.165, 1.54) is 35.6 Å². The van der Waals surface area contributed by atoms with Crippen LogP contribution in [0.15, 0.2) is 65.7 Å². The summed E-state index contributed by atoms with van der Waals surface area (Å²) in [6.07, 6.45) is 0. The van der Waals surface area contributed by atoms with Gasteiger partial charge in [0.25, 0.3) is 5.91 Å². The number of aromatic nitrogens is 1. The van der Waals surface area contributed by atoms with Crippen LogP contribution in [0.4, 0.5) is 4.39 Å². The molecule has 4 rings (SSSR count). The Morgan fingerprint density at radius 1 is 1.11 bits per heavy atom. The minimum atomic E-state index is -0.419. The molecule has 0 unspecified atom stereocenters. The zero-order chi connectivity index (χ0) is 19.0. The lowest BCUT2D eigenvalue weighted by Crippen LogP contribution is -2.29. The summed E-state index contributed by atoms with van der Waals surface area (Å²) in [5.74, 6) is -0.818. The Morgan fingerprint density at radius 3 is 2.63 bits per heavy atom. The molecule has 1 aromatic heterocycles. The zero-order valence-electron chi connectivity index (χ0n) is 14.3. The van der Waals surface area contributed by atoms with Crippen LogP contribution in [0.3, 0.4) is 0 Å². The van der Waals surface area contributed by atoms with E-state index >= 15 is 0 Å². The molecule has 3 aromatic carbocycles. The Labute approximate surface area is 163 Å². The van der Waals surface area contributed by atoms with Gasteiger partial charge >= 0.3 is 0 Å². The van der Waals surface area contributed by atoms with Gasteiger partial charge in [0.1, 0.15) is 5.82 Å². The molecule has 0 spiro atoms. The van der Waals surface area contributed by atoms with Gasteiger partial charge in [0, 0.05) is 18.0 Å². The monoisotopic (exact) mass is 395 g/mol. The maximum absolute atomic E-state index is 13.0. The summed E-state index contributed by atoms with van der Waals surface area (Å²) in [7, 11) is 1.93. The van der Waals surface area contributed by atoms with E-state index in [4.69, 9.17) is 12.2 Å². The van der Waals surface area contributed by atoms with Gasteiger partial charge in [0.15, 0.2) is 4.80 Å². The summed E-state index contributed by atoms with van der Waals surface area (Å²) in [5.41, 5.74) is 1.39. The van der Waals surface area contributed by atoms with E-state index < -0.39 is 11.7 Å². The third kappa shape index (κ3) is 3.39. The highest BCUT2D eigenvalue weighted by atomic mass is 32.1. The average Bonchev–Trinajstić information content (AvgIpc) is 2.98. The first-order valence-electron chi connectivity index (χ1n) is 8.16. The van der Waals surface area contributed by atoms with Gasteiger partial charge in [-0.05, 0) is 47.9 Å². The molecule has 1 heterocycles. The number of fused-ring (bicyclic) bond motifs is 3. The van der Waals surface area contributed by atoms with Gasteiger partial charge in [0.05, 0.1) is 10.2 Å². The van der Waals surface area contributed by atoms with E-state index in [9.17, 15) is 9.18 Å². The lowest BCUT2D eigenvalue weighted by molar-refractivity contribution is 0.0977. The molecule has 0 aliphatic carbocycles. The van der Waals surface area contributed by atoms with Gasteiger partial charge in [-0.15, -0.1) is 0 Å². The molecule has 0 aliphatic rings. The van der Waals surface area contributed by atoms with E-state index in [-0.39, 0.29) is 5.11 Å². The Hall–Kier alpha value is -2.90. The predicted octanol–water partition coefficient (Wildman–Crippen LogP) is 4.15. The molecule has 0 saturated carbocycles. The molecule has 0 aliphatic heterocycles. The number of carbonyl (C=O) groups excluding carboxylic acids is 1. The minimum Gasteiger partial charge on any atom is -0.319 e. The SMILES string of the molecule is Cn1/c(=N\C(=S)NC(=O)c2ccc(F)cc2)sc2ccc3ccccc3c21. The van der Waals surface area contributed by atoms with Crippen LogP contribution in [0.1, 0.15) is 10.4 Å². The maximum atomic E-state index is 13.0. The zero-order valence-corrected chi connectivity index (χ0v) is 15.9. The summed E-state index contributed by atoms with van der Waals surface area (Å²) in [6.45, 7) is 0. The Morgan fingerprint density at radius 2 is 1.85 bits per heavy atom. The number of hydrogen-bond donors (Lipinski definition) is 1. The first-order chi connectivity index (χ1) is 13.0. The van der Waals surface area contributed by atoms with E-state index in [1.54, 1.807) is 0 Å².